The fourth-order valence-electron chi connectivity index (χ4n) is 3.07. The third kappa shape index (κ3) is 4.16. The molecule has 2 heterocycles. The highest BCUT2D eigenvalue weighted by Crippen LogP contribution is 2.27. The first kappa shape index (κ1) is 18.0. The van der Waals surface area contributed by atoms with Gasteiger partial charge in [-0.1, -0.05) is 11.6 Å². The van der Waals surface area contributed by atoms with Crippen LogP contribution in [0.4, 0.5) is 5.69 Å². The highest BCUT2D eigenvalue weighted by Gasteiger charge is 2.37. The number of hydrogen-bond donors (Lipinski definition) is 1. The van der Waals surface area contributed by atoms with Crippen molar-refractivity contribution in [3.05, 3.63) is 29.3 Å². The van der Waals surface area contributed by atoms with Gasteiger partial charge in [0.2, 0.25) is 11.8 Å². The molecule has 2 amide bonds. The molecule has 0 spiro atoms. The number of nitrogens with one attached hydrogen (secondary N) is 1. The summed E-state index contributed by atoms with van der Waals surface area (Å²) < 4.78 is 0. The molecule has 5 nitrogen and oxygen atoms in total. The zero-order chi connectivity index (χ0) is 15.5. The third-order valence-electron chi connectivity index (χ3n) is 4.26. The van der Waals surface area contributed by atoms with Crippen LogP contribution in [0.1, 0.15) is 12.8 Å². The minimum Gasteiger partial charge on any atom is -0.341 e. The van der Waals surface area contributed by atoms with Crippen LogP contribution in [-0.4, -0.2) is 49.4 Å². The van der Waals surface area contributed by atoms with Gasteiger partial charge in [-0.2, -0.15) is 0 Å². The molecule has 2 aliphatic rings. The Morgan fingerprint density at radius 3 is 2.65 bits per heavy atom. The molecule has 0 saturated carbocycles. The van der Waals surface area contributed by atoms with Gasteiger partial charge in [0.25, 0.3) is 0 Å². The van der Waals surface area contributed by atoms with E-state index in [2.05, 4.69) is 5.32 Å². The van der Waals surface area contributed by atoms with Gasteiger partial charge >= 0.3 is 0 Å². The van der Waals surface area contributed by atoms with E-state index in [0.29, 0.717) is 18.0 Å². The maximum atomic E-state index is 12.6. The third-order valence-corrected chi connectivity index (χ3v) is 4.52. The summed E-state index contributed by atoms with van der Waals surface area (Å²) in [7, 11) is 0. The number of hydrogen-bond acceptors (Lipinski definition) is 3. The number of amides is 2. The summed E-state index contributed by atoms with van der Waals surface area (Å²) in [4.78, 5) is 28.4. The second kappa shape index (κ2) is 7.99. The second-order valence-electron chi connectivity index (χ2n) is 5.81. The number of halogens is 2. The van der Waals surface area contributed by atoms with Crippen molar-refractivity contribution in [1.29, 1.82) is 0 Å². The maximum absolute atomic E-state index is 12.6. The second-order valence-corrected chi connectivity index (χ2v) is 6.25. The number of nitrogens with zero attached hydrogens (tertiary/aromatic N) is 2. The molecule has 2 aliphatic heterocycles. The Balaban J connectivity index is 0.00000192. The molecule has 0 aliphatic carbocycles. The molecule has 1 aromatic carbocycles. The van der Waals surface area contributed by atoms with Crippen LogP contribution in [0.15, 0.2) is 24.3 Å². The quantitative estimate of drug-likeness (QED) is 0.879. The van der Waals surface area contributed by atoms with Crippen LogP contribution in [0.2, 0.25) is 5.02 Å². The number of carbonyl (C=O) groups is 2. The normalized spacial score (nSPS) is 21.8. The van der Waals surface area contributed by atoms with Gasteiger partial charge in [0.15, 0.2) is 0 Å². The van der Waals surface area contributed by atoms with Crippen molar-refractivity contribution in [2.75, 3.05) is 37.6 Å². The van der Waals surface area contributed by atoms with Crippen molar-refractivity contribution in [1.82, 2.24) is 10.2 Å². The molecule has 126 valence electrons. The van der Waals surface area contributed by atoms with Crippen LogP contribution in [0, 0.1) is 5.92 Å². The van der Waals surface area contributed by atoms with Crippen molar-refractivity contribution in [2.45, 2.75) is 12.8 Å². The molecule has 1 atom stereocenters. The van der Waals surface area contributed by atoms with Gasteiger partial charge in [0.1, 0.15) is 0 Å². The molecule has 0 aromatic heterocycles. The van der Waals surface area contributed by atoms with Crippen molar-refractivity contribution in [3.63, 3.8) is 0 Å². The molecule has 3 rings (SSSR count). The van der Waals surface area contributed by atoms with Crippen LogP contribution in [0.5, 0.6) is 0 Å². The van der Waals surface area contributed by atoms with Crippen LogP contribution in [0.25, 0.3) is 0 Å². The lowest BCUT2D eigenvalue weighted by Gasteiger charge is -2.23. The predicted octanol–water partition coefficient (Wildman–Crippen LogP) is 1.94. The van der Waals surface area contributed by atoms with E-state index in [-0.39, 0.29) is 30.1 Å². The van der Waals surface area contributed by atoms with Crippen LogP contribution >= 0.6 is 24.0 Å². The number of anilines is 1. The monoisotopic (exact) mass is 357 g/mol. The largest absolute Gasteiger partial charge is 0.341 e. The van der Waals surface area contributed by atoms with Gasteiger partial charge < -0.3 is 15.1 Å². The van der Waals surface area contributed by atoms with Gasteiger partial charge in [-0.05, 0) is 37.2 Å². The van der Waals surface area contributed by atoms with E-state index in [0.717, 1.165) is 38.3 Å². The average Bonchev–Trinajstić information content (AvgIpc) is 2.74. The SMILES string of the molecule is Cl.O=C(C1CC(=O)N(c2ccc(Cl)cc2)C1)N1CCCNCC1. The molecular formula is C16H21Cl2N3O2. The molecule has 23 heavy (non-hydrogen) atoms. The lowest BCUT2D eigenvalue weighted by atomic mass is 10.1. The summed E-state index contributed by atoms with van der Waals surface area (Å²) in [5, 5.41) is 3.93. The molecule has 0 radical (unpaired) electrons. The number of rotatable bonds is 2. The summed E-state index contributed by atoms with van der Waals surface area (Å²) in [6, 6.07) is 7.17. The Bertz CT molecular complexity index is 557. The first-order valence-corrected chi connectivity index (χ1v) is 8.08. The van der Waals surface area contributed by atoms with Crippen molar-refractivity contribution >= 4 is 41.5 Å². The Hall–Kier alpha value is -1.30. The fraction of sp³-hybridized carbons (Fsp3) is 0.500. The van der Waals surface area contributed by atoms with Crippen molar-refractivity contribution in [2.24, 2.45) is 5.92 Å². The van der Waals surface area contributed by atoms with E-state index in [1.54, 1.807) is 17.0 Å². The maximum Gasteiger partial charge on any atom is 0.228 e. The van der Waals surface area contributed by atoms with E-state index in [9.17, 15) is 9.59 Å². The van der Waals surface area contributed by atoms with Crippen LogP contribution < -0.4 is 10.2 Å². The zero-order valence-electron chi connectivity index (χ0n) is 12.8. The predicted molar refractivity (Wildman–Crippen MR) is 93.2 cm³/mol. The van der Waals surface area contributed by atoms with E-state index >= 15 is 0 Å². The molecule has 0 bridgehead atoms. The van der Waals surface area contributed by atoms with Crippen molar-refractivity contribution < 1.29 is 9.59 Å². The Morgan fingerprint density at radius 2 is 1.91 bits per heavy atom. The number of carbonyl (C=O) groups excluding carboxylic acids is 2. The topological polar surface area (TPSA) is 52.7 Å². The summed E-state index contributed by atoms with van der Waals surface area (Å²) >= 11 is 5.88. The van der Waals surface area contributed by atoms with Gasteiger partial charge in [-0.25, -0.2) is 0 Å². The van der Waals surface area contributed by atoms with E-state index < -0.39 is 0 Å². The molecule has 2 saturated heterocycles. The molecular weight excluding hydrogens is 337 g/mol. The summed E-state index contributed by atoms with van der Waals surface area (Å²) in [6.45, 7) is 3.74. The van der Waals surface area contributed by atoms with Crippen molar-refractivity contribution in [3.8, 4) is 0 Å². The first-order valence-electron chi connectivity index (χ1n) is 7.70. The lowest BCUT2D eigenvalue weighted by Crippen LogP contribution is -2.39. The molecule has 2 fully saturated rings. The zero-order valence-corrected chi connectivity index (χ0v) is 14.4. The van der Waals surface area contributed by atoms with Crippen LogP contribution in [-0.2, 0) is 9.59 Å². The Labute approximate surface area is 147 Å². The van der Waals surface area contributed by atoms with Gasteiger partial charge in [0, 0.05) is 43.3 Å². The molecule has 1 aromatic rings. The van der Waals surface area contributed by atoms with Gasteiger partial charge in [-0.15, -0.1) is 12.4 Å². The fourth-order valence-corrected chi connectivity index (χ4v) is 3.19. The average molecular weight is 358 g/mol. The standard InChI is InChI=1S/C16H20ClN3O2.ClH/c17-13-2-4-14(5-3-13)20-11-12(10-15(20)21)16(22)19-8-1-6-18-7-9-19;/h2-5,12,18H,1,6-11H2;1H. The minimum atomic E-state index is -0.235. The Kier molecular flexibility index (Phi) is 6.27. The van der Waals surface area contributed by atoms with Gasteiger partial charge in [-0.3, -0.25) is 9.59 Å². The smallest absolute Gasteiger partial charge is 0.228 e. The van der Waals surface area contributed by atoms with E-state index in [4.69, 9.17) is 11.6 Å². The molecule has 1 unspecified atom stereocenters. The highest BCUT2D eigenvalue weighted by atomic mass is 35.5. The first-order chi connectivity index (χ1) is 10.6. The van der Waals surface area contributed by atoms with Crippen LogP contribution in [0.3, 0.4) is 0 Å². The van der Waals surface area contributed by atoms with Gasteiger partial charge in [0.05, 0.1) is 5.92 Å². The molecule has 7 heteroatoms. The summed E-state index contributed by atoms with van der Waals surface area (Å²) in [5.41, 5.74) is 0.808. The van der Waals surface area contributed by atoms with E-state index in [1.807, 2.05) is 17.0 Å². The summed E-state index contributed by atoms with van der Waals surface area (Å²) in [6.07, 6.45) is 1.26. The lowest BCUT2D eigenvalue weighted by molar-refractivity contribution is -0.135. The Morgan fingerprint density at radius 1 is 1.17 bits per heavy atom. The molecule has 1 N–H and O–H groups in total. The van der Waals surface area contributed by atoms with E-state index in [1.165, 1.54) is 0 Å². The minimum absolute atomic E-state index is 0. The highest BCUT2D eigenvalue weighted by molar-refractivity contribution is 6.30. The number of benzene rings is 1. The summed E-state index contributed by atoms with van der Waals surface area (Å²) in [5.74, 6) is -0.122.